The summed E-state index contributed by atoms with van der Waals surface area (Å²) in [5.74, 6) is -1.49. The summed E-state index contributed by atoms with van der Waals surface area (Å²) in [6.45, 7) is 7.49. The molecule has 0 unspecified atom stereocenters. The van der Waals surface area contributed by atoms with E-state index in [1.54, 1.807) is 13.1 Å². The van der Waals surface area contributed by atoms with E-state index in [-0.39, 0.29) is 23.9 Å². The molecule has 0 aliphatic carbocycles. The standard InChI is InChI=1S/C19H24F2N6O2S/c1-5-25-30(28,29)10-15(19(2,3)4)26-18-14(21)9-24-17(27-18)13-8-23-16-12(13)6-11(20)7-22-16/h6-9,15,25H,5,10H2,1-4H3,(H,22,23)(H,24,26,27)/t15-/m0/s1. The molecule has 0 aromatic carbocycles. The number of aromatic amines is 1. The van der Waals surface area contributed by atoms with Crippen molar-refractivity contribution in [2.45, 2.75) is 33.7 Å². The van der Waals surface area contributed by atoms with Gasteiger partial charge >= 0.3 is 0 Å². The van der Waals surface area contributed by atoms with Gasteiger partial charge in [-0.3, -0.25) is 0 Å². The number of aromatic nitrogens is 4. The normalized spacial score (nSPS) is 13.5. The zero-order chi connectivity index (χ0) is 22.1. The van der Waals surface area contributed by atoms with E-state index < -0.39 is 33.1 Å². The van der Waals surface area contributed by atoms with E-state index in [9.17, 15) is 17.2 Å². The second-order valence-corrected chi connectivity index (χ2v) is 9.84. The summed E-state index contributed by atoms with van der Waals surface area (Å²) in [5.41, 5.74) is 0.374. The Labute approximate surface area is 173 Å². The van der Waals surface area contributed by atoms with Crippen LogP contribution in [0, 0.1) is 17.0 Å². The van der Waals surface area contributed by atoms with Gasteiger partial charge in [-0.05, 0) is 11.5 Å². The first kappa shape index (κ1) is 22.0. The van der Waals surface area contributed by atoms with Crippen LogP contribution in [0.1, 0.15) is 27.7 Å². The fourth-order valence-electron chi connectivity index (χ4n) is 2.93. The lowest BCUT2D eigenvalue weighted by molar-refractivity contribution is 0.357. The zero-order valence-corrected chi connectivity index (χ0v) is 17.9. The topological polar surface area (TPSA) is 113 Å². The van der Waals surface area contributed by atoms with Crippen LogP contribution in [0.5, 0.6) is 0 Å². The Bertz CT molecular complexity index is 1160. The van der Waals surface area contributed by atoms with Gasteiger partial charge in [0.2, 0.25) is 10.0 Å². The van der Waals surface area contributed by atoms with Gasteiger partial charge in [-0.1, -0.05) is 27.7 Å². The first-order chi connectivity index (χ1) is 14.0. The van der Waals surface area contributed by atoms with Gasteiger partial charge in [0.05, 0.1) is 18.1 Å². The highest BCUT2D eigenvalue weighted by Crippen LogP contribution is 2.29. The average Bonchev–Trinajstić information content (AvgIpc) is 3.05. The van der Waals surface area contributed by atoms with Crippen LogP contribution in [0.3, 0.4) is 0 Å². The summed E-state index contributed by atoms with van der Waals surface area (Å²) in [7, 11) is -3.57. The number of hydrogen-bond acceptors (Lipinski definition) is 6. The Balaban J connectivity index is 1.98. The molecule has 0 saturated heterocycles. The number of pyridine rings is 1. The van der Waals surface area contributed by atoms with E-state index in [1.165, 1.54) is 6.07 Å². The van der Waals surface area contributed by atoms with Gasteiger partial charge in [0.15, 0.2) is 17.5 Å². The summed E-state index contributed by atoms with van der Waals surface area (Å²) in [6, 6.07) is 0.649. The van der Waals surface area contributed by atoms with Gasteiger partial charge in [-0.25, -0.2) is 36.9 Å². The second kappa shape index (κ2) is 8.23. The van der Waals surface area contributed by atoms with Crippen LogP contribution >= 0.6 is 0 Å². The number of anilines is 1. The van der Waals surface area contributed by atoms with E-state index in [0.717, 1.165) is 12.4 Å². The third-order valence-corrected chi connectivity index (χ3v) is 6.09. The molecule has 3 heterocycles. The first-order valence-electron chi connectivity index (χ1n) is 9.39. The van der Waals surface area contributed by atoms with Crippen molar-refractivity contribution in [2.24, 2.45) is 5.41 Å². The summed E-state index contributed by atoms with van der Waals surface area (Å²) in [6.07, 6.45) is 3.64. The van der Waals surface area contributed by atoms with Crippen molar-refractivity contribution in [2.75, 3.05) is 17.6 Å². The van der Waals surface area contributed by atoms with Gasteiger partial charge in [0, 0.05) is 29.7 Å². The number of fused-ring (bicyclic) bond motifs is 1. The highest BCUT2D eigenvalue weighted by atomic mass is 32.2. The van der Waals surface area contributed by atoms with Crippen LogP contribution in [-0.4, -0.2) is 46.7 Å². The van der Waals surface area contributed by atoms with Gasteiger partial charge in [-0.2, -0.15) is 0 Å². The van der Waals surface area contributed by atoms with Crippen molar-refractivity contribution >= 4 is 26.9 Å². The fourth-order valence-corrected chi connectivity index (χ4v) is 4.51. The summed E-state index contributed by atoms with van der Waals surface area (Å²) in [5, 5.41) is 3.37. The molecular formula is C19H24F2N6O2S. The molecule has 0 saturated carbocycles. The smallest absolute Gasteiger partial charge is 0.213 e. The number of sulfonamides is 1. The number of H-pyrrole nitrogens is 1. The molecule has 1 atom stereocenters. The number of nitrogens with one attached hydrogen (secondary N) is 3. The lowest BCUT2D eigenvalue weighted by Gasteiger charge is -2.31. The van der Waals surface area contributed by atoms with Crippen LogP contribution < -0.4 is 10.0 Å². The van der Waals surface area contributed by atoms with Crippen LogP contribution in [0.25, 0.3) is 22.4 Å². The lowest BCUT2D eigenvalue weighted by atomic mass is 9.88. The minimum absolute atomic E-state index is 0.134. The summed E-state index contributed by atoms with van der Waals surface area (Å²) < 4.78 is 55.1. The maximum absolute atomic E-state index is 14.5. The Morgan fingerprint density at radius 2 is 1.93 bits per heavy atom. The van der Waals surface area contributed by atoms with Gasteiger partial charge < -0.3 is 10.3 Å². The Morgan fingerprint density at radius 1 is 1.20 bits per heavy atom. The van der Waals surface area contributed by atoms with Crippen LogP contribution in [-0.2, 0) is 10.0 Å². The Hall–Kier alpha value is -2.66. The van der Waals surface area contributed by atoms with Crippen LogP contribution in [0.15, 0.2) is 24.7 Å². The second-order valence-electron chi connectivity index (χ2n) is 7.98. The molecule has 0 aliphatic rings. The first-order valence-corrected chi connectivity index (χ1v) is 11.0. The minimum Gasteiger partial charge on any atom is -0.363 e. The van der Waals surface area contributed by atoms with E-state index in [0.29, 0.717) is 16.6 Å². The van der Waals surface area contributed by atoms with E-state index in [1.807, 2.05) is 20.8 Å². The molecule has 8 nitrogen and oxygen atoms in total. The molecule has 162 valence electrons. The molecule has 0 fully saturated rings. The number of rotatable bonds is 7. The molecule has 0 radical (unpaired) electrons. The molecule has 3 N–H and O–H groups in total. The van der Waals surface area contributed by atoms with E-state index in [2.05, 4.69) is 30.0 Å². The van der Waals surface area contributed by atoms with Gasteiger partial charge in [0.25, 0.3) is 0 Å². The number of nitrogens with zero attached hydrogens (tertiary/aromatic N) is 3. The van der Waals surface area contributed by atoms with Gasteiger partial charge in [-0.15, -0.1) is 0 Å². The van der Waals surface area contributed by atoms with Gasteiger partial charge in [0.1, 0.15) is 11.5 Å². The van der Waals surface area contributed by atoms with Crippen molar-refractivity contribution < 1.29 is 17.2 Å². The highest BCUT2D eigenvalue weighted by Gasteiger charge is 2.30. The van der Waals surface area contributed by atoms with Crippen LogP contribution in [0.2, 0.25) is 0 Å². The molecule has 0 aliphatic heterocycles. The van der Waals surface area contributed by atoms with Crippen LogP contribution in [0.4, 0.5) is 14.6 Å². The average molecular weight is 439 g/mol. The van der Waals surface area contributed by atoms with Crippen molar-refractivity contribution in [1.82, 2.24) is 24.7 Å². The predicted octanol–water partition coefficient (Wildman–Crippen LogP) is 3.06. The monoisotopic (exact) mass is 438 g/mol. The maximum Gasteiger partial charge on any atom is 0.213 e. The fraction of sp³-hybridized carbons (Fsp3) is 0.421. The minimum atomic E-state index is -3.57. The molecule has 0 spiro atoms. The van der Waals surface area contributed by atoms with E-state index in [4.69, 9.17) is 0 Å². The molecule has 11 heteroatoms. The predicted molar refractivity (Wildman–Crippen MR) is 111 cm³/mol. The summed E-state index contributed by atoms with van der Waals surface area (Å²) >= 11 is 0. The van der Waals surface area contributed by atoms with E-state index >= 15 is 0 Å². The molecule has 3 aromatic heterocycles. The van der Waals surface area contributed by atoms with Crippen molar-refractivity contribution in [3.05, 3.63) is 36.3 Å². The third kappa shape index (κ3) is 4.90. The molecule has 0 bridgehead atoms. The zero-order valence-electron chi connectivity index (χ0n) is 17.1. The quantitative estimate of drug-likeness (QED) is 0.523. The molecule has 3 aromatic rings. The number of halogens is 2. The summed E-state index contributed by atoms with van der Waals surface area (Å²) in [4.78, 5) is 15.1. The highest BCUT2D eigenvalue weighted by molar-refractivity contribution is 7.89. The molecule has 3 rings (SSSR count). The largest absolute Gasteiger partial charge is 0.363 e. The number of hydrogen-bond donors (Lipinski definition) is 3. The lowest BCUT2D eigenvalue weighted by Crippen LogP contribution is -2.43. The third-order valence-electron chi connectivity index (χ3n) is 4.59. The van der Waals surface area contributed by atoms with Crippen molar-refractivity contribution in [1.29, 1.82) is 0 Å². The Kier molecular flexibility index (Phi) is 6.04. The SMILES string of the molecule is CCNS(=O)(=O)C[C@H](Nc1nc(-c2c[nH]c3ncc(F)cc23)ncc1F)C(C)(C)C. The maximum atomic E-state index is 14.5. The Morgan fingerprint density at radius 3 is 2.60 bits per heavy atom. The molecular weight excluding hydrogens is 414 g/mol. The van der Waals surface area contributed by atoms with Crippen molar-refractivity contribution in [3.8, 4) is 11.4 Å². The molecule has 0 amide bonds. The molecule has 30 heavy (non-hydrogen) atoms. The van der Waals surface area contributed by atoms with Crippen molar-refractivity contribution in [3.63, 3.8) is 0 Å².